The SMILES string of the molecule is CC1CN(S(=O)(=O)CCCl)CC1N(C)C. The molecule has 1 saturated heterocycles. The number of sulfonamides is 1. The Morgan fingerprint density at radius 3 is 2.40 bits per heavy atom. The highest BCUT2D eigenvalue weighted by atomic mass is 35.5. The minimum atomic E-state index is -3.13. The van der Waals surface area contributed by atoms with Gasteiger partial charge in [-0.2, -0.15) is 4.31 Å². The molecule has 1 aliphatic rings. The molecule has 0 aromatic rings. The van der Waals surface area contributed by atoms with E-state index in [1.54, 1.807) is 4.31 Å². The Balaban J connectivity index is 2.70. The predicted octanol–water partition coefficient (Wildman–Crippen LogP) is 0.437. The fraction of sp³-hybridized carbons (Fsp3) is 1.00. The van der Waals surface area contributed by atoms with Gasteiger partial charge in [-0.05, 0) is 20.0 Å². The van der Waals surface area contributed by atoms with Gasteiger partial charge < -0.3 is 4.90 Å². The van der Waals surface area contributed by atoms with Crippen LogP contribution in [0.25, 0.3) is 0 Å². The predicted molar refractivity (Wildman–Crippen MR) is 62.7 cm³/mol. The van der Waals surface area contributed by atoms with Crippen molar-refractivity contribution in [1.29, 1.82) is 0 Å². The van der Waals surface area contributed by atoms with Gasteiger partial charge in [-0.1, -0.05) is 6.92 Å². The third-order valence-electron chi connectivity index (χ3n) is 2.93. The summed E-state index contributed by atoms with van der Waals surface area (Å²) in [6, 6.07) is 0.315. The third-order valence-corrected chi connectivity index (χ3v) is 5.15. The maximum absolute atomic E-state index is 11.8. The van der Waals surface area contributed by atoms with E-state index in [4.69, 9.17) is 11.6 Å². The van der Waals surface area contributed by atoms with Gasteiger partial charge in [0.1, 0.15) is 0 Å². The Morgan fingerprint density at radius 1 is 1.40 bits per heavy atom. The van der Waals surface area contributed by atoms with Crippen LogP contribution in [-0.2, 0) is 10.0 Å². The molecule has 1 heterocycles. The summed E-state index contributed by atoms with van der Waals surface area (Å²) in [6.45, 7) is 3.29. The lowest BCUT2D eigenvalue weighted by Gasteiger charge is -2.22. The molecular formula is C9H19ClN2O2S. The van der Waals surface area contributed by atoms with Crippen molar-refractivity contribution in [2.24, 2.45) is 5.92 Å². The van der Waals surface area contributed by atoms with Crippen molar-refractivity contribution in [1.82, 2.24) is 9.21 Å². The normalized spacial score (nSPS) is 28.9. The zero-order chi connectivity index (χ0) is 11.6. The highest BCUT2D eigenvalue weighted by Gasteiger charge is 2.36. The molecule has 4 nitrogen and oxygen atoms in total. The van der Waals surface area contributed by atoms with Crippen LogP contribution in [0, 0.1) is 5.92 Å². The van der Waals surface area contributed by atoms with Crippen LogP contribution in [0.1, 0.15) is 6.92 Å². The summed E-state index contributed by atoms with van der Waals surface area (Å²) >= 11 is 5.48. The lowest BCUT2D eigenvalue weighted by Crippen LogP contribution is -2.36. The summed E-state index contributed by atoms with van der Waals surface area (Å²) in [5.41, 5.74) is 0. The van der Waals surface area contributed by atoms with E-state index in [-0.39, 0.29) is 11.6 Å². The van der Waals surface area contributed by atoms with E-state index in [1.165, 1.54) is 0 Å². The molecule has 15 heavy (non-hydrogen) atoms. The fourth-order valence-electron chi connectivity index (χ4n) is 2.03. The van der Waals surface area contributed by atoms with Crippen molar-refractivity contribution >= 4 is 21.6 Å². The molecule has 90 valence electrons. The Hall–Kier alpha value is 0.160. The first-order valence-electron chi connectivity index (χ1n) is 5.08. The summed E-state index contributed by atoms with van der Waals surface area (Å²) in [5, 5.41) is 0. The van der Waals surface area contributed by atoms with Gasteiger partial charge in [0.25, 0.3) is 0 Å². The van der Waals surface area contributed by atoms with Crippen LogP contribution in [-0.4, -0.2) is 62.5 Å². The zero-order valence-corrected chi connectivity index (χ0v) is 11.1. The molecule has 0 N–H and O–H groups in total. The molecule has 0 spiro atoms. The minimum absolute atomic E-state index is 0.0431. The Morgan fingerprint density at radius 2 is 2.00 bits per heavy atom. The number of halogens is 1. The van der Waals surface area contributed by atoms with Crippen LogP contribution in [0.4, 0.5) is 0 Å². The van der Waals surface area contributed by atoms with Crippen LogP contribution < -0.4 is 0 Å². The molecular weight excluding hydrogens is 236 g/mol. The van der Waals surface area contributed by atoms with Gasteiger partial charge in [0.15, 0.2) is 0 Å². The second-order valence-electron chi connectivity index (χ2n) is 4.33. The quantitative estimate of drug-likeness (QED) is 0.684. The first kappa shape index (κ1) is 13.2. The van der Waals surface area contributed by atoms with Crippen molar-refractivity contribution in [3.05, 3.63) is 0 Å². The summed E-state index contributed by atoms with van der Waals surface area (Å²) in [5.74, 6) is 0.589. The van der Waals surface area contributed by atoms with Crippen molar-refractivity contribution < 1.29 is 8.42 Å². The van der Waals surface area contributed by atoms with E-state index in [1.807, 2.05) is 14.1 Å². The summed E-state index contributed by atoms with van der Waals surface area (Å²) in [4.78, 5) is 2.08. The van der Waals surface area contributed by atoms with Gasteiger partial charge in [-0.15, -0.1) is 11.6 Å². The first-order chi connectivity index (χ1) is 6.88. The van der Waals surface area contributed by atoms with E-state index in [2.05, 4.69) is 11.8 Å². The Labute approximate surface area is 97.2 Å². The monoisotopic (exact) mass is 254 g/mol. The first-order valence-corrected chi connectivity index (χ1v) is 7.23. The molecule has 2 unspecified atom stereocenters. The lowest BCUT2D eigenvalue weighted by atomic mass is 10.1. The van der Waals surface area contributed by atoms with Gasteiger partial charge in [-0.25, -0.2) is 8.42 Å². The Kier molecular flexibility index (Phi) is 4.40. The fourth-order valence-corrected chi connectivity index (χ4v) is 3.91. The van der Waals surface area contributed by atoms with Crippen LogP contribution in [0.3, 0.4) is 0 Å². The van der Waals surface area contributed by atoms with Crippen molar-refractivity contribution in [3.63, 3.8) is 0 Å². The molecule has 0 aromatic heterocycles. The maximum atomic E-state index is 11.8. The zero-order valence-electron chi connectivity index (χ0n) is 9.48. The largest absolute Gasteiger partial charge is 0.305 e. The average Bonchev–Trinajstić information content (AvgIpc) is 2.47. The summed E-state index contributed by atoms with van der Waals surface area (Å²) < 4.78 is 25.1. The molecule has 1 rings (SSSR count). The number of likely N-dealkylation sites (N-methyl/N-ethyl adjacent to an activating group) is 1. The van der Waals surface area contributed by atoms with Crippen LogP contribution >= 0.6 is 11.6 Å². The van der Waals surface area contributed by atoms with Gasteiger partial charge >= 0.3 is 0 Å². The van der Waals surface area contributed by atoms with Crippen LogP contribution in [0.5, 0.6) is 0 Å². The van der Waals surface area contributed by atoms with Crippen LogP contribution in [0.15, 0.2) is 0 Å². The molecule has 2 atom stereocenters. The maximum Gasteiger partial charge on any atom is 0.215 e. The van der Waals surface area contributed by atoms with Crippen molar-refractivity contribution in [2.45, 2.75) is 13.0 Å². The molecule has 1 fully saturated rings. The lowest BCUT2D eigenvalue weighted by molar-refractivity contribution is 0.263. The molecule has 0 saturated carbocycles. The molecule has 0 aromatic carbocycles. The second-order valence-corrected chi connectivity index (χ2v) is 6.80. The molecule has 0 radical (unpaired) electrons. The van der Waals surface area contributed by atoms with Gasteiger partial charge in [-0.3, -0.25) is 0 Å². The van der Waals surface area contributed by atoms with Crippen molar-refractivity contribution in [3.8, 4) is 0 Å². The van der Waals surface area contributed by atoms with E-state index >= 15 is 0 Å². The molecule has 0 aliphatic carbocycles. The topological polar surface area (TPSA) is 40.6 Å². The van der Waals surface area contributed by atoms with E-state index in [0.717, 1.165) is 0 Å². The van der Waals surface area contributed by atoms with Gasteiger partial charge in [0.05, 0.1) is 5.75 Å². The van der Waals surface area contributed by atoms with E-state index in [9.17, 15) is 8.42 Å². The highest BCUT2D eigenvalue weighted by molar-refractivity contribution is 7.89. The number of nitrogens with zero attached hydrogens (tertiary/aromatic N) is 2. The average molecular weight is 255 g/mol. The summed E-state index contributed by atoms with van der Waals surface area (Å²) in [7, 11) is 0.835. The molecule has 1 aliphatic heterocycles. The highest BCUT2D eigenvalue weighted by Crippen LogP contribution is 2.22. The number of hydrogen-bond donors (Lipinski definition) is 0. The number of hydrogen-bond acceptors (Lipinski definition) is 3. The number of alkyl halides is 1. The van der Waals surface area contributed by atoms with Gasteiger partial charge in [0.2, 0.25) is 10.0 Å². The van der Waals surface area contributed by atoms with E-state index < -0.39 is 10.0 Å². The Bertz CT molecular complexity index is 305. The van der Waals surface area contributed by atoms with Crippen LogP contribution in [0.2, 0.25) is 0 Å². The summed E-state index contributed by atoms with van der Waals surface area (Å²) in [6.07, 6.45) is 0. The molecule has 0 amide bonds. The third kappa shape index (κ3) is 3.06. The smallest absolute Gasteiger partial charge is 0.215 e. The minimum Gasteiger partial charge on any atom is -0.305 e. The second kappa shape index (κ2) is 4.99. The van der Waals surface area contributed by atoms with Crippen molar-refractivity contribution in [2.75, 3.05) is 38.8 Å². The van der Waals surface area contributed by atoms with E-state index in [0.29, 0.717) is 25.0 Å². The van der Waals surface area contributed by atoms with Gasteiger partial charge in [0, 0.05) is 25.0 Å². The standard InChI is InChI=1S/C9H19ClN2O2S/c1-8-6-12(7-9(8)11(2)3)15(13,14)5-4-10/h8-9H,4-7H2,1-3H3. The number of rotatable bonds is 4. The molecule has 0 bridgehead atoms. The molecule has 6 heteroatoms.